The maximum absolute atomic E-state index is 13.2. The molecule has 1 aliphatic rings. The van der Waals surface area contributed by atoms with Gasteiger partial charge < -0.3 is 14.0 Å². The lowest BCUT2D eigenvalue weighted by Crippen LogP contribution is -2.25. The molecule has 28 heavy (non-hydrogen) atoms. The monoisotopic (exact) mass is 383 g/mol. The Labute approximate surface area is 162 Å². The number of hydrogen-bond donors (Lipinski definition) is 0. The fourth-order valence-electron chi connectivity index (χ4n) is 3.16. The molecule has 3 aromatic rings. The minimum Gasteiger partial charge on any atom is -0.497 e. The lowest BCUT2D eigenvalue weighted by Gasteiger charge is -2.19. The topological polar surface area (TPSA) is 60.6 Å². The second kappa shape index (κ2) is 7.98. The number of benzene rings is 2. The number of nitrogens with zero attached hydrogens (tertiary/aromatic N) is 3. The van der Waals surface area contributed by atoms with Gasteiger partial charge in [0.2, 0.25) is 11.7 Å². The molecule has 146 valence electrons. The van der Waals surface area contributed by atoms with Crippen LogP contribution in [-0.4, -0.2) is 35.3 Å². The van der Waals surface area contributed by atoms with E-state index in [2.05, 4.69) is 15.0 Å². The molecular formula is C21H22FN3O3. The van der Waals surface area contributed by atoms with E-state index in [0.29, 0.717) is 42.3 Å². The zero-order chi connectivity index (χ0) is 19.5. The van der Waals surface area contributed by atoms with E-state index in [1.54, 1.807) is 20.3 Å². The van der Waals surface area contributed by atoms with Gasteiger partial charge in [0.05, 0.1) is 26.3 Å². The molecule has 0 bridgehead atoms. The van der Waals surface area contributed by atoms with Gasteiger partial charge in [-0.25, -0.2) is 4.39 Å². The van der Waals surface area contributed by atoms with Crippen molar-refractivity contribution in [2.45, 2.75) is 32.0 Å². The summed E-state index contributed by atoms with van der Waals surface area (Å²) in [5, 5.41) is 4.12. The SMILES string of the molecule is COc1ccc(-c2noc(CN(Cc3ccc(F)cc3)C3CC3)n2)c(OC)c1. The number of hydrogen-bond acceptors (Lipinski definition) is 6. The van der Waals surface area contributed by atoms with Crippen LogP contribution in [0.2, 0.25) is 0 Å². The van der Waals surface area contributed by atoms with Crippen LogP contribution in [0.15, 0.2) is 47.0 Å². The van der Waals surface area contributed by atoms with E-state index >= 15 is 0 Å². The fraction of sp³-hybridized carbons (Fsp3) is 0.333. The zero-order valence-corrected chi connectivity index (χ0v) is 15.9. The molecule has 0 N–H and O–H groups in total. The first kappa shape index (κ1) is 18.4. The molecule has 1 aliphatic carbocycles. The van der Waals surface area contributed by atoms with Crippen molar-refractivity contribution in [3.05, 3.63) is 59.7 Å². The first-order valence-electron chi connectivity index (χ1n) is 9.19. The minimum absolute atomic E-state index is 0.225. The number of halogens is 1. The molecule has 0 atom stereocenters. The Kier molecular flexibility index (Phi) is 5.25. The van der Waals surface area contributed by atoms with E-state index in [-0.39, 0.29) is 5.82 Å². The molecule has 0 aliphatic heterocycles. The highest BCUT2D eigenvalue weighted by Crippen LogP contribution is 2.33. The van der Waals surface area contributed by atoms with Crippen LogP contribution >= 0.6 is 0 Å². The zero-order valence-electron chi connectivity index (χ0n) is 15.9. The van der Waals surface area contributed by atoms with Crippen LogP contribution in [0.1, 0.15) is 24.3 Å². The molecule has 0 radical (unpaired) electrons. The molecule has 1 aromatic heterocycles. The van der Waals surface area contributed by atoms with E-state index in [1.807, 2.05) is 24.3 Å². The summed E-state index contributed by atoms with van der Waals surface area (Å²) in [4.78, 5) is 6.84. The average Bonchev–Trinajstić information content (AvgIpc) is 3.47. The van der Waals surface area contributed by atoms with E-state index in [1.165, 1.54) is 12.1 Å². The van der Waals surface area contributed by atoms with Crippen molar-refractivity contribution in [3.8, 4) is 22.9 Å². The van der Waals surface area contributed by atoms with E-state index in [4.69, 9.17) is 14.0 Å². The molecule has 0 unspecified atom stereocenters. The van der Waals surface area contributed by atoms with E-state index in [0.717, 1.165) is 24.0 Å². The van der Waals surface area contributed by atoms with Gasteiger partial charge in [0.1, 0.15) is 17.3 Å². The van der Waals surface area contributed by atoms with Crippen LogP contribution in [0, 0.1) is 5.82 Å². The molecule has 4 rings (SSSR count). The van der Waals surface area contributed by atoms with Gasteiger partial charge >= 0.3 is 0 Å². The van der Waals surface area contributed by atoms with Gasteiger partial charge in [-0.3, -0.25) is 4.90 Å². The van der Waals surface area contributed by atoms with Crippen molar-refractivity contribution in [1.82, 2.24) is 15.0 Å². The second-order valence-corrected chi connectivity index (χ2v) is 6.84. The summed E-state index contributed by atoms with van der Waals surface area (Å²) in [6.45, 7) is 1.27. The van der Waals surface area contributed by atoms with E-state index in [9.17, 15) is 4.39 Å². The van der Waals surface area contributed by atoms with Crippen LogP contribution in [0.25, 0.3) is 11.4 Å². The molecule has 0 saturated heterocycles. The lowest BCUT2D eigenvalue weighted by atomic mass is 10.2. The molecule has 7 heteroatoms. The van der Waals surface area contributed by atoms with E-state index < -0.39 is 0 Å². The maximum Gasteiger partial charge on any atom is 0.241 e. The number of methoxy groups -OCH3 is 2. The minimum atomic E-state index is -0.225. The summed E-state index contributed by atoms with van der Waals surface area (Å²) in [5.41, 5.74) is 1.81. The predicted molar refractivity (Wildman–Crippen MR) is 102 cm³/mol. The molecular weight excluding hydrogens is 361 g/mol. The number of aromatic nitrogens is 2. The Morgan fingerprint density at radius 3 is 2.54 bits per heavy atom. The summed E-state index contributed by atoms with van der Waals surface area (Å²) in [6, 6.07) is 12.6. The maximum atomic E-state index is 13.2. The summed E-state index contributed by atoms with van der Waals surface area (Å²) < 4.78 is 29.3. The third-order valence-electron chi connectivity index (χ3n) is 4.82. The van der Waals surface area contributed by atoms with Gasteiger partial charge in [-0.05, 0) is 42.7 Å². The fourth-order valence-corrected chi connectivity index (χ4v) is 3.16. The van der Waals surface area contributed by atoms with Gasteiger partial charge in [-0.2, -0.15) is 4.98 Å². The van der Waals surface area contributed by atoms with Crippen LogP contribution in [0.4, 0.5) is 4.39 Å². The summed E-state index contributed by atoms with van der Waals surface area (Å²) >= 11 is 0. The molecule has 0 spiro atoms. The Hall–Kier alpha value is -2.93. The number of rotatable bonds is 8. The van der Waals surface area contributed by atoms with Crippen LogP contribution < -0.4 is 9.47 Å². The van der Waals surface area contributed by atoms with Crippen molar-refractivity contribution in [2.24, 2.45) is 0 Å². The highest BCUT2D eigenvalue weighted by atomic mass is 19.1. The van der Waals surface area contributed by atoms with Gasteiger partial charge in [0, 0.05) is 18.7 Å². The molecule has 1 heterocycles. The van der Waals surface area contributed by atoms with Crippen LogP contribution in [0.3, 0.4) is 0 Å². The highest BCUT2D eigenvalue weighted by Gasteiger charge is 2.30. The Bertz CT molecular complexity index is 938. The van der Waals surface area contributed by atoms with Crippen LogP contribution in [0.5, 0.6) is 11.5 Å². The van der Waals surface area contributed by atoms with Gasteiger partial charge in [-0.15, -0.1) is 0 Å². The van der Waals surface area contributed by atoms with Crippen molar-refractivity contribution in [2.75, 3.05) is 14.2 Å². The molecule has 1 fully saturated rings. The Morgan fingerprint density at radius 1 is 1.07 bits per heavy atom. The molecule has 0 amide bonds. The summed E-state index contributed by atoms with van der Waals surface area (Å²) in [6.07, 6.45) is 2.29. The molecule has 1 saturated carbocycles. The third kappa shape index (κ3) is 4.14. The summed E-state index contributed by atoms with van der Waals surface area (Å²) in [7, 11) is 3.20. The molecule has 6 nitrogen and oxygen atoms in total. The van der Waals surface area contributed by atoms with Gasteiger partial charge in [0.15, 0.2) is 0 Å². The average molecular weight is 383 g/mol. The quantitative estimate of drug-likeness (QED) is 0.585. The smallest absolute Gasteiger partial charge is 0.241 e. The Balaban J connectivity index is 1.51. The summed E-state index contributed by atoms with van der Waals surface area (Å²) in [5.74, 6) is 2.12. The first-order valence-corrected chi connectivity index (χ1v) is 9.19. The Morgan fingerprint density at radius 2 is 1.86 bits per heavy atom. The van der Waals surface area contributed by atoms with Crippen LogP contribution in [-0.2, 0) is 13.1 Å². The van der Waals surface area contributed by atoms with Gasteiger partial charge in [0.25, 0.3) is 0 Å². The molecule has 2 aromatic carbocycles. The number of ether oxygens (including phenoxy) is 2. The van der Waals surface area contributed by atoms with Crippen molar-refractivity contribution in [3.63, 3.8) is 0 Å². The first-order chi connectivity index (χ1) is 13.7. The standard InChI is InChI=1S/C21H22FN3O3/c1-26-17-9-10-18(19(11-17)27-2)21-23-20(28-24-21)13-25(16-7-8-16)12-14-3-5-15(22)6-4-14/h3-6,9-11,16H,7-8,12-13H2,1-2H3. The van der Waals surface area contributed by atoms with Crippen molar-refractivity contribution in [1.29, 1.82) is 0 Å². The van der Waals surface area contributed by atoms with Gasteiger partial charge in [-0.1, -0.05) is 17.3 Å². The normalized spacial score (nSPS) is 13.7. The lowest BCUT2D eigenvalue weighted by molar-refractivity contribution is 0.209. The predicted octanol–water partition coefficient (Wildman–Crippen LogP) is 4.06. The van der Waals surface area contributed by atoms with Crippen molar-refractivity contribution < 1.29 is 18.4 Å². The highest BCUT2D eigenvalue weighted by molar-refractivity contribution is 5.65. The third-order valence-corrected chi connectivity index (χ3v) is 4.82. The largest absolute Gasteiger partial charge is 0.497 e. The van der Waals surface area contributed by atoms with Crippen molar-refractivity contribution >= 4 is 0 Å². The second-order valence-electron chi connectivity index (χ2n) is 6.84.